The lowest BCUT2D eigenvalue weighted by molar-refractivity contribution is 0.386. The second kappa shape index (κ2) is 8.92. The van der Waals surface area contributed by atoms with E-state index in [-0.39, 0.29) is 21.7 Å². The van der Waals surface area contributed by atoms with Crippen molar-refractivity contribution in [3.8, 4) is 5.88 Å². The maximum atomic E-state index is 12.7. The predicted octanol–water partition coefficient (Wildman–Crippen LogP) is 5.90. The lowest BCUT2D eigenvalue weighted by atomic mass is 10.1. The quantitative estimate of drug-likeness (QED) is 0.361. The summed E-state index contributed by atoms with van der Waals surface area (Å²) in [5.41, 5.74) is 0. The van der Waals surface area contributed by atoms with Gasteiger partial charge in [-0.05, 0) is 41.1 Å². The summed E-state index contributed by atoms with van der Waals surface area (Å²) in [7, 11) is -2.55. The fraction of sp³-hybridized carbons (Fsp3) is 0.0476. The van der Waals surface area contributed by atoms with Crippen molar-refractivity contribution in [3.05, 3.63) is 76.9 Å². The first-order valence-corrected chi connectivity index (χ1v) is 12.0. The molecule has 0 aliphatic heterocycles. The predicted molar refractivity (Wildman–Crippen MR) is 124 cm³/mol. The van der Waals surface area contributed by atoms with Gasteiger partial charge in [0, 0.05) is 9.92 Å². The summed E-state index contributed by atoms with van der Waals surface area (Å²) in [6.45, 7) is 0. The van der Waals surface area contributed by atoms with Crippen molar-refractivity contribution in [2.75, 3.05) is 11.8 Å². The Labute approximate surface area is 193 Å². The average Bonchev–Trinajstić information content (AvgIpc) is 2.74. The van der Waals surface area contributed by atoms with Crippen molar-refractivity contribution in [2.24, 2.45) is 0 Å². The molecule has 0 aliphatic rings. The van der Waals surface area contributed by atoms with Crippen LogP contribution in [0.25, 0.3) is 10.8 Å². The zero-order valence-electron chi connectivity index (χ0n) is 16.0. The van der Waals surface area contributed by atoms with E-state index in [0.29, 0.717) is 9.92 Å². The third kappa shape index (κ3) is 4.88. The van der Waals surface area contributed by atoms with Gasteiger partial charge < -0.3 is 4.74 Å². The van der Waals surface area contributed by atoms with Crippen molar-refractivity contribution < 1.29 is 13.2 Å². The van der Waals surface area contributed by atoms with Crippen LogP contribution in [-0.2, 0) is 10.0 Å². The highest BCUT2D eigenvalue weighted by molar-refractivity contribution is 7.99. The van der Waals surface area contributed by atoms with Gasteiger partial charge in [0.15, 0.2) is 0 Å². The van der Waals surface area contributed by atoms with E-state index in [1.165, 1.54) is 43.3 Å². The third-order valence-electron chi connectivity index (χ3n) is 4.27. The largest absolute Gasteiger partial charge is 0.480 e. The molecule has 3 aromatic carbocycles. The van der Waals surface area contributed by atoms with Gasteiger partial charge in [-0.15, -0.1) is 0 Å². The Morgan fingerprint density at radius 3 is 2.52 bits per heavy atom. The van der Waals surface area contributed by atoms with Gasteiger partial charge >= 0.3 is 0 Å². The molecule has 6 nitrogen and oxygen atoms in total. The maximum Gasteiger partial charge on any atom is 0.265 e. The van der Waals surface area contributed by atoms with Crippen LogP contribution in [0.3, 0.4) is 0 Å². The van der Waals surface area contributed by atoms with Gasteiger partial charge in [-0.3, -0.25) is 0 Å². The normalized spacial score (nSPS) is 11.5. The molecule has 4 aromatic rings. The number of ether oxygens (including phenoxy) is 1. The monoisotopic (exact) mass is 491 g/mol. The molecule has 0 bridgehead atoms. The number of rotatable bonds is 6. The Bertz CT molecular complexity index is 1380. The molecular formula is C21H15Cl2N3O3S2. The molecule has 0 atom stereocenters. The van der Waals surface area contributed by atoms with E-state index in [4.69, 9.17) is 27.9 Å². The fourth-order valence-electron chi connectivity index (χ4n) is 2.85. The highest BCUT2D eigenvalue weighted by Gasteiger charge is 2.20. The first-order chi connectivity index (χ1) is 14.9. The minimum Gasteiger partial charge on any atom is -0.480 e. The van der Waals surface area contributed by atoms with Crippen LogP contribution in [0.2, 0.25) is 10.0 Å². The second-order valence-electron chi connectivity index (χ2n) is 6.36. The van der Waals surface area contributed by atoms with E-state index >= 15 is 0 Å². The minimum atomic E-state index is -4.01. The second-order valence-corrected chi connectivity index (χ2v) is 9.97. The number of hydrogen-bond donors (Lipinski definition) is 1. The molecule has 0 spiro atoms. The van der Waals surface area contributed by atoms with Crippen LogP contribution < -0.4 is 9.46 Å². The number of benzene rings is 3. The molecular weight excluding hydrogens is 477 g/mol. The van der Waals surface area contributed by atoms with E-state index in [1.807, 2.05) is 36.4 Å². The van der Waals surface area contributed by atoms with Gasteiger partial charge in [-0.2, -0.15) is 4.98 Å². The Morgan fingerprint density at radius 1 is 1.00 bits per heavy atom. The number of aromatic nitrogens is 2. The fourth-order valence-corrected chi connectivity index (χ4v) is 5.47. The molecule has 0 fully saturated rings. The summed E-state index contributed by atoms with van der Waals surface area (Å²) in [5.74, 6) is 0.110. The number of halogens is 2. The van der Waals surface area contributed by atoms with E-state index < -0.39 is 10.0 Å². The standard InChI is InChI=1S/C21H15Cl2N3O3S2/c1-29-20-18(30-16-8-6-13-4-2-3-5-14(13)10-16)12-24-21(25-20)26-31(27,28)19-9-7-15(22)11-17(19)23/h2-12H,1H3,(H,24,25,26). The maximum absolute atomic E-state index is 12.7. The molecule has 31 heavy (non-hydrogen) atoms. The van der Waals surface area contributed by atoms with Crippen molar-refractivity contribution in [1.82, 2.24) is 9.97 Å². The third-order valence-corrected chi connectivity index (χ3v) is 7.31. The van der Waals surface area contributed by atoms with Crippen molar-refractivity contribution in [1.29, 1.82) is 0 Å². The lowest BCUT2D eigenvalue weighted by Gasteiger charge is -2.11. The Hall–Kier alpha value is -2.52. The number of methoxy groups -OCH3 is 1. The van der Waals surface area contributed by atoms with E-state index in [0.717, 1.165) is 15.7 Å². The van der Waals surface area contributed by atoms with Crippen LogP contribution in [0.1, 0.15) is 0 Å². The molecule has 1 heterocycles. The zero-order valence-corrected chi connectivity index (χ0v) is 19.2. The summed E-state index contributed by atoms with van der Waals surface area (Å²) in [4.78, 5) is 9.82. The van der Waals surface area contributed by atoms with Crippen molar-refractivity contribution >= 4 is 61.7 Å². The highest BCUT2D eigenvalue weighted by atomic mass is 35.5. The van der Waals surface area contributed by atoms with Gasteiger partial charge in [0.25, 0.3) is 10.0 Å². The van der Waals surface area contributed by atoms with Crippen molar-refractivity contribution in [3.63, 3.8) is 0 Å². The number of nitrogens with zero attached hydrogens (tertiary/aromatic N) is 2. The summed E-state index contributed by atoms with van der Waals surface area (Å²) in [5, 5.41) is 2.57. The van der Waals surface area contributed by atoms with Crippen LogP contribution >= 0.6 is 35.0 Å². The molecule has 0 saturated carbocycles. The van der Waals surface area contributed by atoms with E-state index in [9.17, 15) is 8.42 Å². The molecule has 1 N–H and O–H groups in total. The SMILES string of the molecule is COc1nc(NS(=O)(=O)c2ccc(Cl)cc2Cl)ncc1Sc1ccc2ccccc2c1. The molecule has 0 saturated heterocycles. The van der Waals surface area contributed by atoms with Crippen LogP contribution in [0.15, 0.2) is 81.5 Å². The molecule has 10 heteroatoms. The Balaban J connectivity index is 1.60. The summed E-state index contributed by atoms with van der Waals surface area (Å²) >= 11 is 13.3. The number of fused-ring (bicyclic) bond motifs is 1. The molecule has 0 amide bonds. The molecule has 1 aromatic heterocycles. The van der Waals surface area contributed by atoms with Crippen molar-refractivity contribution in [2.45, 2.75) is 14.7 Å². The lowest BCUT2D eigenvalue weighted by Crippen LogP contribution is -2.15. The summed E-state index contributed by atoms with van der Waals surface area (Å²) in [6, 6.07) is 18.2. The minimum absolute atomic E-state index is 0.00422. The number of nitrogens with one attached hydrogen (secondary N) is 1. The van der Waals surface area contributed by atoms with Gasteiger partial charge in [0.2, 0.25) is 11.8 Å². The molecule has 0 unspecified atom stereocenters. The topological polar surface area (TPSA) is 81.2 Å². The van der Waals surface area contributed by atoms with Gasteiger partial charge in [0.05, 0.1) is 23.2 Å². The van der Waals surface area contributed by atoms with Gasteiger partial charge in [0.1, 0.15) is 4.90 Å². The average molecular weight is 492 g/mol. The molecule has 0 radical (unpaired) electrons. The number of sulfonamides is 1. The highest BCUT2D eigenvalue weighted by Crippen LogP contribution is 2.35. The van der Waals surface area contributed by atoms with E-state index in [2.05, 4.69) is 20.8 Å². The number of hydrogen-bond acceptors (Lipinski definition) is 6. The first-order valence-electron chi connectivity index (χ1n) is 8.91. The van der Waals surface area contributed by atoms with E-state index in [1.54, 1.807) is 0 Å². The molecule has 158 valence electrons. The molecule has 0 aliphatic carbocycles. The Morgan fingerprint density at radius 2 is 1.77 bits per heavy atom. The smallest absolute Gasteiger partial charge is 0.265 e. The van der Waals surface area contributed by atoms with Crippen LogP contribution in [0.5, 0.6) is 5.88 Å². The first kappa shape index (κ1) is 21.7. The Kier molecular flexibility index (Phi) is 6.24. The van der Waals surface area contributed by atoms with Gasteiger partial charge in [-0.1, -0.05) is 65.3 Å². The zero-order chi connectivity index (χ0) is 22.0. The van der Waals surface area contributed by atoms with Crippen LogP contribution in [0.4, 0.5) is 5.95 Å². The van der Waals surface area contributed by atoms with Crippen LogP contribution in [-0.4, -0.2) is 25.5 Å². The van der Waals surface area contributed by atoms with Crippen LogP contribution in [0, 0.1) is 0 Å². The summed E-state index contributed by atoms with van der Waals surface area (Å²) in [6.07, 6.45) is 1.51. The summed E-state index contributed by atoms with van der Waals surface area (Å²) < 4.78 is 33.0. The number of anilines is 1. The van der Waals surface area contributed by atoms with Gasteiger partial charge in [-0.25, -0.2) is 18.1 Å². The molecule has 4 rings (SSSR count).